The molecule has 0 amide bonds. The van der Waals surface area contributed by atoms with Gasteiger partial charge in [0.1, 0.15) is 0 Å². The highest BCUT2D eigenvalue weighted by Gasteiger charge is 2.29. The van der Waals surface area contributed by atoms with E-state index in [1.807, 2.05) is 0 Å². The van der Waals surface area contributed by atoms with Gasteiger partial charge >= 0.3 is 0 Å². The third kappa shape index (κ3) is 1.24. The monoisotopic (exact) mass is 163 g/mol. The van der Waals surface area contributed by atoms with Gasteiger partial charge in [-0.25, -0.2) is 0 Å². The summed E-state index contributed by atoms with van der Waals surface area (Å²) in [5.41, 5.74) is 8.23. The Hall–Kier alpha value is -0.860. The van der Waals surface area contributed by atoms with Gasteiger partial charge in [-0.2, -0.15) is 0 Å². The molecule has 2 rings (SSSR count). The molecule has 1 saturated heterocycles. The van der Waals surface area contributed by atoms with E-state index in [1.54, 1.807) is 0 Å². The molecule has 1 aromatic rings. The van der Waals surface area contributed by atoms with Crippen LogP contribution in [-0.2, 0) is 4.74 Å². The lowest BCUT2D eigenvalue weighted by molar-refractivity contribution is -0.0751. The summed E-state index contributed by atoms with van der Waals surface area (Å²) in [5.74, 6) is 0. The smallest absolute Gasteiger partial charge is 0.0999 e. The van der Waals surface area contributed by atoms with Crippen molar-refractivity contribution in [1.82, 2.24) is 0 Å². The molecule has 1 aliphatic rings. The molecule has 2 heteroatoms. The van der Waals surface area contributed by atoms with E-state index in [0.717, 1.165) is 0 Å². The molecule has 0 radical (unpaired) electrons. The Morgan fingerprint density at radius 1 is 1.33 bits per heavy atom. The van der Waals surface area contributed by atoms with E-state index in [4.69, 9.17) is 10.5 Å². The van der Waals surface area contributed by atoms with E-state index < -0.39 is 0 Å². The maximum atomic E-state index is 5.77. The molecular weight excluding hydrogens is 150 g/mol. The Balaban J connectivity index is 2.18. The summed E-state index contributed by atoms with van der Waals surface area (Å²) in [6, 6.07) is 8.53. The summed E-state index contributed by atoms with van der Waals surface area (Å²) in [4.78, 5) is 0. The predicted octanol–water partition coefficient (Wildman–Crippen LogP) is 1.39. The number of nitrogens with two attached hydrogens (primary N) is 1. The summed E-state index contributed by atoms with van der Waals surface area (Å²) in [6.45, 7) is 2.77. The second-order valence-corrected chi connectivity index (χ2v) is 3.33. The lowest BCUT2D eigenvalue weighted by Gasteiger charge is -2.34. The van der Waals surface area contributed by atoms with E-state index in [9.17, 15) is 0 Å². The van der Waals surface area contributed by atoms with Crippen LogP contribution in [-0.4, -0.2) is 12.6 Å². The van der Waals surface area contributed by atoms with Gasteiger partial charge in [0.2, 0.25) is 0 Å². The van der Waals surface area contributed by atoms with Gasteiger partial charge in [0, 0.05) is 0 Å². The van der Waals surface area contributed by atoms with Crippen molar-refractivity contribution in [3.63, 3.8) is 0 Å². The van der Waals surface area contributed by atoms with Crippen molar-refractivity contribution < 1.29 is 4.74 Å². The number of hydrogen-bond donors (Lipinski definition) is 1. The molecule has 1 aromatic carbocycles. The molecule has 2 N–H and O–H groups in total. The molecule has 1 fully saturated rings. The SMILES string of the molecule is Cc1ccc(C2OCC2N)cc1. The van der Waals surface area contributed by atoms with E-state index in [1.165, 1.54) is 11.1 Å². The van der Waals surface area contributed by atoms with Crippen LogP contribution in [0.4, 0.5) is 0 Å². The molecule has 12 heavy (non-hydrogen) atoms. The van der Waals surface area contributed by atoms with Gasteiger partial charge in [-0.1, -0.05) is 29.8 Å². The second kappa shape index (κ2) is 2.88. The van der Waals surface area contributed by atoms with Crippen LogP contribution in [0.2, 0.25) is 0 Å². The molecule has 2 nitrogen and oxygen atoms in total. The lowest BCUT2D eigenvalue weighted by atomic mass is 9.98. The Bertz CT molecular complexity index is 268. The molecule has 1 aliphatic heterocycles. The van der Waals surface area contributed by atoms with Crippen molar-refractivity contribution in [2.45, 2.75) is 19.1 Å². The summed E-state index contributed by atoms with van der Waals surface area (Å²) in [5, 5.41) is 0. The van der Waals surface area contributed by atoms with Crippen LogP contribution in [0.3, 0.4) is 0 Å². The number of ether oxygens (including phenoxy) is 1. The number of aryl methyl sites for hydroxylation is 1. The van der Waals surface area contributed by atoms with Gasteiger partial charge in [0.15, 0.2) is 0 Å². The molecule has 64 valence electrons. The number of benzene rings is 1. The third-order valence-corrected chi connectivity index (χ3v) is 2.26. The van der Waals surface area contributed by atoms with Crippen molar-refractivity contribution in [3.8, 4) is 0 Å². The van der Waals surface area contributed by atoms with Crippen molar-refractivity contribution in [2.75, 3.05) is 6.61 Å². The van der Waals surface area contributed by atoms with Crippen LogP contribution in [0.1, 0.15) is 17.2 Å². The Morgan fingerprint density at radius 3 is 2.42 bits per heavy atom. The van der Waals surface area contributed by atoms with E-state index in [-0.39, 0.29) is 12.1 Å². The number of rotatable bonds is 1. The van der Waals surface area contributed by atoms with Crippen LogP contribution < -0.4 is 5.73 Å². The summed E-state index contributed by atoms with van der Waals surface area (Å²) in [7, 11) is 0. The van der Waals surface area contributed by atoms with Crippen LogP contribution in [0.25, 0.3) is 0 Å². The van der Waals surface area contributed by atoms with E-state index >= 15 is 0 Å². The number of hydrogen-bond acceptors (Lipinski definition) is 2. The van der Waals surface area contributed by atoms with Crippen LogP contribution >= 0.6 is 0 Å². The normalized spacial score (nSPS) is 28.2. The van der Waals surface area contributed by atoms with Gasteiger partial charge in [-0.15, -0.1) is 0 Å². The maximum Gasteiger partial charge on any atom is 0.0999 e. The molecule has 2 atom stereocenters. The average Bonchev–Trinajstić information content (AvgIpc) is 2.06. The van der Waals surface area contributed by atoms with Crippen molar-refractivity contribution >= 4 is 0 Å². The van der Waals surface area contributed by atoms with Gasteiger partial charge in [-0.05, 0) is 12.5 Å². The van der Waals surface area contributed by atoms with E-state index in [2.05, 4.69) is 31.2 Å². The minimum Gasteiger partial charge on any atom is -0.370 e. The molecule has 0 spiro atoms. The fraction of sp³-hybridized carbons (Fsp3) is 0.400. The second-order valence-electron chi connectivity index (χ2n) is 3.33. The standard InChI is InChI=1S/C10H13NO/c1-7-2-4-8(5-3-7)10-9(11)6-12-10/h2-5,9-10H,6,11H2,1H3. The highest BCUT2D eigenvalue weighted by atomic mass is 16.5. The lowest BCUT2D eigenvalue weighted by Crippen LogP contribution is -2.44. The zero-order chi connectivity index (χ0) is 8.55. The third-order valence-electron chi connectivity index (χ3n) is 2.26. The van der Waals surface area contributed by atoms with Crippen molar-refractivity contribution in [3.05, 3.63) is 35.4 Å². The van der Waals surface area contributed by atoms with Gasteiger partial charge < -0.3 is 10.5 Å². The maximum absolute atomic E-state index is 5.77. The van der Waals surface area contributed by atoms with Crippen LogP contribution in [0.5, 0.6) is 0 Å². The molecular formula is C10H13NO. The summed E-state index contributed by atoms with van der Waals surface area (Å²) >= 11 is 0. The quantitative estimate of drug-likeness (QED) is 0.679. The molecule has 0 aliphatic carbocycles. The highest BCUT2D eigenvalue weighted by Crippen LogP contribution is 2.28. The van der Waals surface area contributed by atoms with E-state index in [0.29, 0.717) is 6.61 Å². The zero-order valence-corrected chi connectivity index (χ0v) is 7.16. The van der Waals surface area contributed by atoms with Crippen molar-refractivity contribution in [1.29, 1.82) is 0 Å². The first kappa shape index (κ1) is 7.77. The van der Waals surface area contributed by atoms with Crippen LogP contribution in [0.15, 0.2) is 24.3 Å². The first-order valence-corrected chi connectivity index (χ1v) is 4.21. The average molecular weight is 163 g/mol. The first-order chi connectivity index (χ1) is 5.77. The highest BCUT2D eigenvalue weighted by molar-refractivity contribution is 5.25. The zero-order valence-electron chi connectivity index (χ0n) is 7.16. The molecule has 0 aromatic heterocycles. The minimum atomic E-state index is 0.130. The minimum absolute atomic E-state index is 0.130. The van der Waals surface area contributed by atoms with Crippen LogP contribution in [0, 0.1) is 6.92 Å². The van der Waals surface area contributed by atoms with Gasteiger partial charge in [0.05, 0.1) is 18.8 Å². The molecule has 1 heterocycles. The molecule has 0 bridgehead atoms. The topological polar surface area (TPSA) is 35.2 Å². The fourth-order valence-corrected chi connectivity index (χ4v) is 1.40. The summed E-state index contributed by atoms with van der Waals surface area (Å²) in [6.07, 6.45) is 0.130. The molecule has 2 unspecified atom stereocenters. The summed E-state index contributed by atoms with van der Waals surface area (Å²) < 4.78 is 5.34. The van der Waals surface area contributed by atoms with Gasteiger partial charge in [-0.3, -0.25) is 0 Å². The Kier molecular flexibility index (Phi) is 1.87. The van der Waals surface area contributed by atoms with Crippen molar-refractivity contribution in [2.24, 2.45) is 5.73 Å². The predicted molar refractivity (Wildman–Crippen MR) is 47.8 cm³/mol. The first-order valence-electron chi connectivity index (χ1n) is 4.21. The Morgan fingerprint density at radius 2 is 2.00 bits per heavy atom. The van der Waals surface area contributed by atoms with Gasteiger partial charge in [0.25, 0.3) is 0 Å². The Labute approximate surface area is 72.3 Å². The molecule has 0 saturated carbocycles. The fourth-order valence-electron chi connectivity index (χ4n) is 1.40. The largest absolute Gasteiger partial charge is 0.370 e.